The number of aromatic nitrogens is 2. The van der Waals surface area contributed by atoms with Crippen LogP contribution in [0.15, 0.2) is 52.4 Å². The van der Waals surface area contributed by atoms with E-state index < -0.39 is 0 Å². The molecule has 1 fully saturated rings. The average Bonchev–Trinajstić information content (AvgIpc) is 2.68. The molecule has 1 aliphatic heterocycles. The first-order valence-corrected chi connectivity index (χ1v) is 10.1. The molecule has 2 heterocycles. The zero-order valence-corrected chi connectivity index (χ0v) is 16.4. The lowest BCUT2D eigenvalue weighted by atomic mass is 10.2. The molecule has 0 saturated carbocycles. The molecule has 27 heavy (non-hydrogen) atoms. The minimum Gasteiger partial charge on any atom is -0.355 e. The van der Waals surface area contributed by atoms with Crippen molar-refractivity contribution in [2.75, 3.05) is 19.2 Å². The second-order valence-corrected chi connectivity index (χ2v) is 7.87. The Labute approximate surface area is 166 Å². The number of hydrogen-bond acceptors (Lipinski definition) is 5. The Bertz CT molecular complexity index is 1010. The number of aryl methyl sites for hydroxylation is 1. The quantitative estimate of drug-likeness (QED) is 0.483. The van der Waals surface area contributed by atoms with E-state index in [0.717, 1.165) is 17.7 Å². The van der Waals surface area contributed by atoms with Crippen molar-refractivity contribution < 1.29 is 9.47 Å². The van der Waals surface area contributed by atoms with E-state index in [1.807, 2.05) is 31.2 Å². The Kier molecular flexibility index (Phi) is 5.50. The molecule has 1 aromatic heterocycles. The van der Waals surface area contributed by atoms with Crippen LogP contribution in [0, 0.1) is 6.92 Å². The van der Waals surface area contributed by atoms with Crippen LogP contribution in [0.1, 0.15) is 12.0 Å². The van der Waals surface area contributed by atoms with Crippen LogP contribution in [0.3, 0.4) is 0 Å². The van der Waals surface area contributed by atoms with E-state index in [2.05, 4.69) is 0 Å². The van der Waals surface area contributed by atoms with Gasteiger partial charge in [-0.15, -0.1) is 0 Å². The van der Waals surface area contributed by atoms with Crippen LogP contribution < -0.4 is 5.56 Å². The van der Waals surface area contributed by atoms with Crippen molar-refractivity contribution in [2.45, 2.75) is 24.6 Å². The normalized spacial score (nSPS) is 17.3. The molecule has 1 aliphatic rings. The molecule has 1 atom stereocenters. The summed E-state index contributed by atoms with van der Waals surface area (Å²) in [6, 6.07) is 13.0. The number of ether oxygens (including phenoxy) is 2. The SMILES string of the molecule is Cc1ccc(-n2c(SC[C@@H]3CCOCO3)nc3cc(Cl)ccc3c2=O)cc1. The van der Waals surface area contributed by atoms with Gasteiger partial charge in [0.15, 0.2) is 5.16 Å². The van der Waals surface area contributed by atoms with E-state index in [9.17, 15) is 4.79 Å². The summed E-state index contributed by atoms with van der Waals surface area (Å²) in [6.07, 6.45) is 0.920. The highest BCUT2D eigenvalue weighted by atomic mass is 35.5. The molecule has 0 aliphatic carbocycles. The third-order valence-electron chi connectivity index (χ3n) is 4.46. The maximum atomic E-state index is 13.2. The van der Waals surface area contributed by atoms with Crippen LogP contribution in [0.2, 0.25) is 5.02 Å². The zero-order valence-electron chi connectivity index (χ0n) is 14.9. The molecule has 1 saturated heterocycles. The summed E-state index contributed by atoms with van der Waals surface area (Å²) >= 11 is 7.62. The van der Waals surface area contributed by atoms with E-state index in [1.165, 1.54) is 11.8 Å². The molecule has 7 heteroatoms. The molecule has 0 amide bonds. The van der Waals surface area contributed by atoms with Crippen molar-refractivity contribution in [1.82, 2.24) is 9.55 Å². The fourth-order valence-electron chi connectivity index (χ4n) is 2.96. The highest BCUT2D eigenvalue weighted by Gasteiger charge is 2.18. The third-order valence-corrected chi connectivity index (χ3v) is 5.77. The molecule has 0 bridgehead atoms. The smallest absolute Gasteiger partial charge is 0.266 e. The minimum atomic E-state index is -0.101. The number of rotatable bonds is 4. The van der Waals surface area contributed by atoms with Crippen LogP contribution in [0.25, 0.3) is 16.6 Å². The maximum Gasteiger partial charge on any atom is 0.266 e. The minimum absolute atomic E-state index is 0.0854. The first-order valence-electron chi connectivity index (χ1n) is 8.73. The summed E-state index contributed by atoms with van der Waals surface area (Å²) in [6.45, 7) is 3.03. The third kappa shape index (κ3) is 4.04. The Morgan fingerprint density at radius 1 is 1.26 bits per heavy atom. The predicted molar refractivity (Wildman–Crippen MR) is 108 cm³/mol. The van der Waals surface area contributed by atoms with Gasteiger partial charge >= 0.3 is 0 Å². The molecule has 0 radical (unpaired) electrons. The molecule has 140 valence electrons. The molecule has 4 rings (SSSR count). The molecule has 0 unspecified atom stereocenters. The first kappa shape index (κ1) is 18.5. The molecule has 5 nitrogen and oxygen atoms in total. The molecule has 3 aromatic rings. The average molecular weight is 403 g/mol. The summed E-state index contributed by atoms with van der Waals surface area (Å²) < 4.78 is 12.5. The highest BCUT2D eigenvalue weighted by molar-refractivity contribution is 7.99. The number of benzene rings is 2. The van der Waals surface area contributed by atoms with Crippen molar-refractivity contribution in [3.05, 3.63) is 63.4 Å². The molecule has 2 aromatic carbocycles. The van der Waals surface area contributed by atoms with E-state index >= 15 is 0 Å². The van der Waals surface area contributed by atoms with E-state index in [4.69, 9.17) is 26.1 Å². The lowest BCUT2D eigenvalue weighted by Crippen LogP contribution is -2.27. The van der Waals surface area contributed by atoms with Gasteiger partial charge in [0.1, 0.15) is 6.79 Å². The monoisotopic (exact) mass is 402 g/mol. The fraction of sp³-hybridized carbons (Fsp3) is 0.300. The lowest BCUT2D eigenvalue weighted by molar-refractivity contribution is -0.130. The van der Waals surface area contributed by atoms with E-state index in [0.29, 0.717) is 40.2 Å². The van der Waals surface area contributed by atoms with Crippen molar-refractivity contribution in [3.8, 4) is 5.69 Å². The molecular formula is C20H19ClN2O3S. The van der Waals surface area contributed by atoms with Crippen LogP contribution >= 0.6 is 23.4 Å². The van der Waals surface area contributed by atoms with Gasteiger partial charge in [0, 0.05) is 10.8 Å². The van der Waals surface area contributed by atoms with Gasteiger partial charge in [-0.25, -0.2) is 4.98 Å². The van der Waals surface area contributed by atoms with Crippen LogP contribution in [0.5, 0.6) is 0 Å². The van der Waals surface area contributed by atoms with Gasteiger partial charge < -0.3 is 9.47 Å². The van der Waals surface area contributed by atoms with Crippen molar-refractivity contribution >= 4 is 34.3 Å². The number of fused-ring (bicyclic) bond motifs is 1. The van der Waals surface area contributed by atoms with E-state index in [-0.39, 0.29) is 11.7 Å². The standard InChI is InChI=1S/C20H19ClN2O3S/c1-13-2-5-15(6-3-13)23-19(24)17-7-4-14(21)10-18(17)22-20(23)27-11-16-8-9-25-12-26-16/h2-7,10,16H,8-9,11-12H2,1H3/t16-/m0/s1. The second kappa shape index (κ2) is 8.02. The van der Waals surface area contributed by atoms with E-state index in [1.54, 1.807) is 22.8 Å². The summed E-state index contributed by atoms with van der Waals surface area (Å²) in [7, 11) is 0. The predicted octanol–water partition coefficient (Wildman–Crippen LogP) is 4.20. The van der Waals surface area contributed by atoms with Gasteiger partial charge in [-0.05, 0) is 43.7 Å². The number of thioether (sulfide) groups is 1. The summed E-state index contributed by atoms with van der Waals surface area (Å²) in [5, 5.41) is 1.74. The van der Waals surface area contributed by atoms with Crippen molar-refractivity contribution in [3.63, 3.8) is 0 Å². The highest BCUT2D eigenvalue weighted by Crippen LogP contribution is 2.25. The molecular weight excluding hydrogens is 384 g/mol. The molecule has 0 N–H and O–H groups in total. The van der Waals surface area contributed by atoms with Crippen molar-refractivity contribution in [2.24, 2.45) is 0 Å². The first-order chi connectivity index (χ1) is 13.1. The molecule has 0 spiro atoms. The topological polar surface area (TPSA) is 53.4 Å². The van der Waals surface area contributed by atoms with Crippen LogP contribution in [-0.2, 0) is 9.47 Å². The Balaban J connectivity index is 1.79. The lowest BCUT2D eigenvalue weighted by Gasteiger charge is -2.22. The summed E-state index contributed by atoms with van der Waals surface area (Å²) in [4.78, 5) is 17.9. The van der Waals surface area contributed by atoms with Gasteiger partial charge in [-0.3, -0.25) is 9.36 Å². The Morgan fingerprint density at radius 2 is 2.07 bits per heavy atom. The summed E-state index contributed by atoms with van der Waals surface area (Å²) in [5.74, 6) is 0.702. The van der Waals surface area contributed by atoms with Crippen LogP contribution in [-0.4, -0.2) is 34.8 Å². The number of hydrogen-bond donors (Lipinski definition) is 0. The maximum absolute atomic E-state index is 13.2. The van der Waals surface area contributed by atoms with Crippen LogP contribution in [0.4, 0.5) is 0 Å². The number of nitrogens with zero attached hydrogens (tertiary/aromatic N) is 2. The zero-order chi connectivity index (χ0) is 18.8. The Hall–Kier alpha value is -1.86. The van der Waals surface area contributed by atoms with Crippen molar-refractivity contribution in [1.29, 1.82) is 0 Å². The van der Waals surface area contributed by atoms with Gasteiger partial charge in [-0.2, -0.15) is 0 Å². The Morgan fingerprint density at radius 3 is 2.81 bits per heavy atom. The van der Waals surface area contributed by atoms with Gasteiger partial charge in [0.2, 0.25) is 0 Å². The fourth-order valence-corrected chi connectivity index (χ4v) is 4.20. The largest absolute Gasteiger partial charge is 0.355 e. The van der Waals surface area contributed by atoms with Gasteiger partial charge in [0.05, 0.1) is 29.3 Å². The second-order valence-electron chi connectivity index (χ2n) is 6.45. The number of halogens is 1. The van der Waals surface area contributed by atoms with Gasteiger partial charge in [0.25, 0.3) is 5.56 Å². The summed E-state index contributed by atoms with van der Waals surface area (Å²) in [5.41, 5.74) is 2.43. The van der Waals surface area contributed by atoms with Gasteiger partial charge in [-0.1, -0.05) is 41.1 Å².